The first kappa shape index (κ1) is 13.3. The molecule has 2 rings (SSSR count). The van der Waals surface area contributed by atoms with E-state index in [1.54, 1.807) is 12.5 Å². The standard InChI is InChI=1S/C14H17BrN2O/c1-17(9-11-2-4-13(15)5-3-11)14(8-16)12-6-7-18-10-12/h2-7,10,14H,8-9,16H2,1H3. The van der Waals surface area contributed by atoms with Crippen LogP contribution in [0.15, 0.2) is 51.7 Å². The second kappa shape index (κ2) is 6.18. The summed E-state index contributed by atoms with van der Waals surface area (Å²) in [5.41, 5.74) is 8.24. The molecule has 0 radical (unpaired) electrons. The van der Waals surface area contributed by atoms with Gasteiger partial charge < -0.3 is 10.2 Å². The van der Waals surface area contributed by atoms with Crippen molar-refractivity contribution in [2.45, 2.75) is 12.6 Å². The lowest BCUT2D eigenvalue weighted by atomic mass is 10.1. The van der Waals surface area contributed by atoms with Crippen LogP contribution in [0.25, 0.3) is 0 Å². The predicted octanol–water partition coefficient (Wildman–Crippen LogP) is 3.17. The summed E-state index contributed by atoms with van der Waals surface area (Å²) in [5, 5.41) is 0. The quantitative estimate of drug-likeness (QED) is 0.922. The minimum atomic E-state index is 0.187. The zero-order chi connectivity index (χ0) is 13.0. The number of nitrogens with zero attached hydrogens (tertiary/aromatic N) is 1. The van der Waals surface area contributed by atoms with Gasteiger partial charge in [0.15, 0.2) is 0 Å². The Labute approximate surface area is 116 Å². The molecule has 1 aromatic carbocycles. The molecule has 1 aromatic heterocycles. The van der Waals surface area contributed by atoms with E-state index in [-0.39, 0.29) is 6.04 Å². The average molecular weight is 309 g/mol. The third-order valence-corrected chi connectivity index (χ3v) is 3.56. The normalized spacial score (nSPS) is 12.9. The minimum absolute atomic E-state index is 0.187. The van der Waals surface area contributed by atoms with Gasteiger partial charge in [0, 0.05) is 23.1 Å². The van der Waals surface area contributed by atoms with Crippen molar-refractivity contribution in [3.05, 3.63) is 58.5 Å². The highest BCUT2D eigenvalue weighted by molar-refractivity contribution is 9.10. The third-order valence-electron chi connectivity index (χ3n) is 3.03. The molecular formula is C14H17BrN2O. The highest BCUT2D eigenvalue weighted by Crippen LogP contribution is 2.21. The lowest BCUT2D eigenvalue weighted by molar-refractivity contribution is 0.241. The van der Waals surface area contributed by atoms with Gasteiger partial charge in [-0.1, -0.05) is 28.1 Å². The SMILES string of the molecule is CN(Cc1ccc(Br)cc1)C(CN)c1ccoc1. The number of halogens is 1. The van der Waals surface area contributed by atoms with Crippen LogP contribution in [0.3, 0.4) is 0 Å². The molecule has 1 unspecified atom stereocenters. The number of likely N-dealkylation sites (N-methyl/N-ethyl adjacent to an activating group) is 1. The summed E-state index contributed by atoms with van der Waals surface area (Å²) in [4.78, 5) is 2.23. The summed E-state index contributed by atoms with van der Waals surface area (Å²) in [5.74, 6) is 0. The van der Waals surface area contributed by atoms with E-state index >= 15 is 0 Å². The van der Waals surface area contributed by atoms with Crippen molar-refractivity contribution in [1.29, 1.82) is 0 Å². The Morgan fingerprint density at radius 1 is 1.28 bits per heavy atom. The first-order valence-corrected chi connectivity index (χ1v) is 6.67. The molecular weight excluding hydrogens is 292 g/mol. The van der Waals surface area contributed by atoms with Crippen LogP contribution < -0.4 is 5.73 Å². The number of nitrogens with two attached hydrogens (primary N) is 1. The fourth-order valence-corrected chi connectivity index (χ4v) is 2.29. The van der Waals surface area contributed by atoms with Gasteiger partial charge in [0.25, 0.3) is 0 Å². The lowest BCUT2D eigenvalue weighted by Crippen LogP contribution is -2.29. The van der Waals surface area contributed by atoms with E-state index in [1.165, 1.54) is 5.56 Å². The van der Waals surface area contributed by atoms with Crippen molar-refractivity contribution in [3.63, 3.8) is 0 Å². The van der Waals surface area contributed by atoms with Gasteiger partial charge in [-0.2, -0.15) is 0 Å². The molecule has 0 saturated heterocycles. The van der Waals surface area contributed by atoms with E-state index in [9.17, 15) is 0 Å². The van der Waals surface area contributed by atoms with Crippen LogP contribution in [0.2, 0.25) is 0 Å². The molecule has 3 nitrogen and oxygen atoms in total. The minimum Gasteiger partial charge on any atom is -0.472 e. The molecule has 1 atom stereocenters. The molecule has 96 valence electrons. The van der Waals surface area contributed by atoms with Crippen molar-refractivity contribution in [2.24, 2.45) is 5.73 Å². The monoisotopic (exact) mass is 308 g/mol. The molecule has 2 N–H and O–H groups in total. The van der Waals surface area contributed by atoms with Gasteiger partial charge in [0.2, 0.25) is 0 Å². The van der Waals surface area contributed by atoms with Crippen molar-refractivity contribution in [3.8, 4) is 0 Å². The molecule has 0 bridgehead atoms. The zero-order valence-electron chi connectivity index (χ0n) is 10.3. The number of rotatable bonds is 5. The predicted molar refractivity (Wildman–Crippen MR) is 76.1 cm³/mol. The molecule has 0 saturated carbocycles. The largest absolute Gasteiger partial charge is 0.472 e. The van der Waals surface area contributed by atoms with Crippen molar-refractivity contribution in [1.82, 2.24) is 4.90 Å². The molecule has 18 heavy (non-hydrogen) atoms. The molecule has 0 aliphatic heterocycles. The maximum absolute atomic E-state index is 5.85. The molecule has 0 spiro atoms. The number of hydrogen-bond donors (Lipinski definition) is 1. The van der Waals surface area contributed by atoms with Crippen LogP contribution in [0.5, 0.6) is 0 Å². The van der Waals surface area contributed by atoms with Gasteiger partial charge in [0.1, 0.15) is 0 Å². The Balaban J connectivity index is 2.06. The van der Waals surface area contributed by atoms with Crippen LogP contribution in [0.4, 0.5) is 0 Å². The van der Waals surface area contributed by atoms with Gasteiger partial charge in [-0.3, -0.25) is 4.90 Å². The topological polar surface area (TPSA) is 42.4 Å². The maximum Gasteiger partial charge on any atom is 0.0950 e. The fourth-order valence-electron chi connectivity index (χ4n) is 2.02. The smallest absolute Gasteiger partial charge is 0.0950 e. The molecule has 0 fully saturated rings. The highest BCUT2D eigenvalue weighted by atomic mass is 79.9. The van der Waals surface area contributed by atoms with Gasteiger partial charge in [0.05, 0.1) is 18.6 Å². The summed E-state index contributed by atoms with van der Waals surface area (Å²) in [7, 11) is 2.08. The van der Waals surface area contributed by atoms with E-state index in [4.69, 9.17) is 10.2 Å². The van der Waals surface area contributed by atoms with Crippen LogP contribution >= 0.6 is 15.9 Å². The second-order valence-corrected chi connectivity index (χ2v) is 5.27. The molecule has 0 amide bonds. The number of benzene rings is 1. The van der Waals surface area contributed by atoms with Crippen molar-refractivity contribution < 1.29 is 4.42 Å². The fraction of sp³-hybridized carbons (Fsp3) is 0.286. The molecule has 0 aliphatic carbocycles. The van der Waals surface area contributed by atoms with Gasteiger partial charge in [-0.25, -0.2) is 0 Å². The van der Waals surface area contributed by atoms with E-state index in [0.717, 1.165) is 16.6 Å². The Morgan fingerprint density at radius 2 is 2.00 bits per heavy atom. The van der Waals surface area contributed by atoms with Crippen molar-refractivity contribution >= 4 is 15.9 Å². The van der Waals surface area contributed by atoms with E-state index in [0.29, 0.717) is 6.54 Å². The summed E-state index contributed by atoms with van der Waals surface area (Å²) in [6.07, 6.45) is 3.45. The Hall–Kier alpha value is -1.10. The molecule has 4 heteroatoms. The van der Waals surface area contributed by atoms with Gasteiger partial charge in [-0.05, 0) is 30.8 Å². The average Bonchev–Trinajstić information content (AvgIpc) is 2.87. The highest BCUT2D eigenvalue weighted by Gasteiger charge is 2.16. The Kier molecular flexibility index (Phi) is 4.58. The Bertz CT molecular complexity index is 467. The van der Waals surface area contributed by atoms with Crippen LogP contribution in [-0.2, 0) is 6.54 Å². The molecule has 0 aliphatic rings. The third kappa shape index (κ3) is 3.22. The molecule has 2 aromatic rings. The first-order chi connectivity index (χ1) is 8.70. The van der Waals surface area contributed by atoms with Gasteiger partial charge in [-0.15, -0.1) is 0 Å². The zero-order valence-corrected chi connectivity index (χ0v) is 11.9. The van der Waals surface area contributed by atoms with E-state index < -0.39 is 0 Å². The van der Waals surface area contributed by atoms with Crippen molar-refractivity contribution in [2.75, 3.05) is 13.6 Å². The summed E-state index contributed by atoms with van der Waals surface area (Å²) >= 11 is 3.44. The second-order valence-electron chi connectivity index (χ2n) is 4.35. The van der Waals surface area contributed by atoms with E-state index in [2.05, 4.69) is 52.1 Å². The maximum atomic E-state index is 5.85. The van der Waals surface area contributed by atoms with E-state index in [1.807, 2.05) is 6.07 Å². The number of furan rings is 1. The van der Waals surface area contributed by atoms with Gasteiger partial charge >= 0.3 is 0 Å². The van der Waals surface area contributed by atoms with Crippen LogP contribution in [-0.4, -0.2) is 18.5 Å². The Morgan fingerprint density at radius 3 is 2.56 bits per heavy atom. The van der Waals surface area contributed by atoms with Crippen LogP contribution in [0.1, 0.15) is 17.2 Å². The molecule has 1 heterocycles. The summed E-state index contributed by atoms with van der Waals surface area (Å²) in [6, 6.07) is 10.5. The first-order valence-electron chi connectivity index (χ1n) is 5.87. The van der Waals surface area contributed by atoms with Crippen LogP contribution in [0, 0.1) is 0 Å². The number of hydrogen-bond acceptors (Lipinski definition) is 3. The summed E-state index contributed by atoms with van der Waals surface area (Å²) < 4.78 is 6.22. The summed E-state index contributed by atoms with van der Waals surface area (Å²) in [6.45, 7) is 1.44. The lowest BCUT2D eigenvalue weighted by Gasteiger charge is -2.26.